The van der Waals surface area contributed by atoms with Crippen LogP contribution in [0.2, 0.25) is 5.02 Å². The SMILES string of the molecule is CCC(C(=O)NC)N(CCc1ccccc1)C(=O)CN(c1cc(Cl)ccc1OC)S(C)(=O)=O. The van der Waals surface area contributed by atoms with Crippen LogP contribution in [0.15, 0.2) is 48.5 Å². The van der Waals surface area contributed by atoms with E-state index in [1.54, 1.807) is 13.0 Å². The lowest BCUT2D eigenvalue weighted by atomic mass is 10.1. The first kappa shape index (κ1) is 26.5. The molecule has 0 heterocycles. The van der Waals surface area contributed by atoms with Crippen molar-refractivity contribution in [1.29, 1.82) is 0 Å². The molecule has 0 spiro atoms. The highest BCUT2D eigenvalue weighted by Crippen LogP contribution is 2.33. The number of nitrogens with one attached hydrogen (secondary N) is 1. The van der Waals surface area contributed by atoms with Crippen LogP contribution in [0.1, 0.15) is 18.9 Å². The molecule has 2 aromatic rings. The molecule has 0 bridgehead atoms. The molecular formula is C23H30ClN3O5S. The molecule has 0 aliphatic rings. The Morgan fingerprint density at radius 2 is 1.82 bits per heavy atom. The minimum atomic E-state index is -3.87. The molecule has 2 aromatic carbocycles. The smallest absolute Gasteiger partial charge is 0.244 e. The Hall–Kier alpha value is -2.78. The minimum absolute atomic E-state index is 0.150. The molecule has 0 aromatic heterocycles. The molecule has 33 heavy (non-hydrogen) atoms. The van der Waals surface area contributed by atoms with Crippen molar-refractivity contribution in [1.82, 2.24) is 10.2 Å². The van der Waals surface area contributed by atoms with Crippen molar-refractivity contribution in [3.8, 4) is 5.75 Å². The molecule has 1 N–H and O–H groups in total. The topological polar surface area (TPSA) is 96.0 Å². The summed E-state index contributed by atoms with van der Waals surface area (Å²) in [4.78, 5) is 27.4. The van der Waals surface area contributed by atoms with E-state index in [-0.39, 0.29) is 23.9 Å². The van der Waals surface area contributed by atoms with E-state index in [1.807, 2.05) is 30.3 Å². The van der Waals surface area contributed by atoms with Gasteiger partial charge in [0.05, 0.1) is 19.1 Å². The Labute approximate surface area is 200 Å². The summed E-state index contributed by atoms with van der Waals surface area (Å²) in [6.07, 6.45) is 1.89. The van der Waals surface area contributed by atoms with E-state index >= 15 is 0 Å². The average Bonchev–Trinajstić information content (AvgIpc) is 2.79. The number of benzene rings is 2. The van der Waals surface area contributed by atoms with Gasteiger partial charge in [0.15, 0.2) is 0 Å². The van der Waals surface area contributed by atoms with E-state index < -0.39 is 28.5 Å². The van der Waals surface area contributed by atoms with Crippen LogP contribution < -0.4 is 14.4 Å². The maximum Gasteiger partial charge on any atom is 0.244 e. The summed E-state index contributed by atoms with van der Waals surface area (Å²) in [6, 6.07) is 13.3. The van der Waals surface area contributed by atoms with Gasteiger partial charge in [-0.05, 0) is 36.6 Å². The number of nitrogens with zero attached hydrogens (tertiary/aromatic N) is 2. The van der Waals surface area contributed by atoms with Gasteiger partial charge in [-0.1, -0.05) is 48.9 Å². The zero-order valence-corrected chi connectivity index (χ0v) is 20.8. The highest BCUT2D eigenvalue weighted by molar-refractivity contribution is 7.92. The summed E-state index contributed by atoms with van der Waals surface area (Å²) in [5.74, 6) is -0.564. The molecule has 2 rings (SSSR count). The van der Waals surface area contributed by atoms with E-state index in [1.165, 1.54) is 31.2 Å². The molecular weight excluding hydrogens is 466 g/mol. The Balaban J connectivity index is 2.41. The zero-order valence-electron chi connectivity index (χ0n) is 19.2. The largest absolute Gasteiger partial charge is 0.495 e. The average molecular weight is 496 g/mol. The molecule has 2 amide bonds. The van der Waals surface area contributed by atoms with Crippen molar-refractivity contribution in [3.05, 3.63) is 59.1 Å². The lowest BCUT2D eigenvalue weighted by molar-refractivity contribution is -0.139. The number of rotatable bonds is 11. The van der Waals surface area contributed by atoms with Gasteiger partial charge in [0, 0.05) is 18.6 Å². The molecule has 0 radical (unpaired) electrons. The predicted molar refractivity (Wildman–Crippen MR) is 130 cm³/mol. The minimum Gasteiger partial charge on any atom is -0.495 e. The molecule has 1 unspecified atom stereocenters. The molecule has 0 aliphatic heterocycles. The first-order valence-corrected chi connectivity index (χ1v) is 12.7. The van der Waals surface area contributed by atoms with Gasteiger partial charge >= 0.3 is 0 Å². The standard InChI is InChI=1S/C23H30ClN3O5S/c1-5-19(23(29)25-2)26(14-13-17-9-7-6-8-10-17)22(28)16-27(33(4,30)31)20-15-18(24)11-12-21(20)32-3/h6-12,15,19H,5,13-14,16H2,1-4H3,(H,25,29). The number of hydrogen-bond donors (Lipinski definition) is 1. The Bertz CT molecular complexity index is 1060. The van der Waals surface area contributed by atoms with E-state index in [4.69, 9.17) is 16.3 Å². The summed E-state index contributed by atoms with van der Waals surface area (Å²) < 4.78 is 31.6. The van der Waals surface area contributed by atoms with Crippen LogP contribution >= 0.6 is 11.6 Å². The van der Waals surface area contributed by atoms with Gasteiger partial charge in [-0.15, -0.1) is 0 Å². The number of carbonyl (C=O) groups excluding carboxylic acids is 2. The molecule has 0 saturated heterocycles. The molecule has 8 nitrogen and oxygen atoms in total. The number of sulfonamides is 1. The van der Waals surface area contributed by atoms with Crippen LogP contribution in [-0.4, -0.2) is 64.7 Å². The van der Waals surface area contributed by atoms with Gasteiger partial charge in [0.2, 0.25) is 21.8 Å². The third-order valence-electron chi connectivity index (χ3n) is 5.21. The maximum absolute atomic E-state index is 13.5. The van der Waals surface area contributed by atoms with E-state index in [2.05, 4.69) is 5.32 Å². The summed E-state index contributed by atoms with van der Waals surface area (Å²) in [7, 11) is -0.967. The maximum atomic E-state index is 13.5. The highest BCUT2D eigenvalue weighted by atomic mass is 35.5. The fraction of sp³-hybridized carbons (Fsp3) is 0.391. The van der Waals surface area contributed by atoms with Gasteiger partial charge in [-0.3, -0.25) is 13.9 Å². The van der Waals surface area contributed by atoms with Crippen molar-refractivity contribution >= 4 is 39.1 Å². The molecule has 0 fully saturated rings. The second kappa shape index (κ2) is 11.9. The number of carbonyl (C=O) groups is 2. The van der Waals surface area contributed by atoms with E-state index in [9.17, 15) is 18.0 Å². The van der Waals surface area contributed by atoms with Crippen molar-refractivity contribution < 1.29 is 22.7 Å². The van der Waals surface area contributed by atoms with Gasteiger partial charge in [-0.25, -0.2) is 8.42 Å². The molecule has 1 atom stereocenters. The van der Waals surface area contributed by atoms with Gasteiger partial charge in [0.1, 0.15) is 18.3 Å². The van der Waals surface area contributed by atoms with Gasteiger partial charge < -0.3 is 15.0 Å². The van der Waals surface area contributed by atoms with Crippen molar-refractivity contribution in [2.24, 2.45) is 0 Å². The first-order chi connectivity index (χ1) is 15.6. The fourth-order valence-corrected chi connectivity index (χ4v) is 4.53. The molecule has 0 saturated carbocycles. The fourth-order valence-electron chi connectivity index (χ4n) is 3.52. The number of hydrogen-bond acceptors (Lipinski definition) is 5. The highest BCUT2D eigenvalue weighted by Gasteiger charge is 2.32. The first-order valence-electron chi connectivity index (χ1n) is 10.5. The number of amides is 2. The van der Waals surface area contributed by atoms with Crippen molar-refractivity contribution in [2.45, 2.75) is 25.8 Å². The molecule has 10 heteroatoms. The van der Waals surface area contributed by atoms with Crippen LogP contribution in [0.25, 0.3) is 0 Å². The van der Waals surface area contributed by atoms with Crippen LogP contribution in [0.4, 0.5) is 5.69 Å². The van der Waals surface area contributed by atoms with Crippen molar-refractivity contribution in [2.75, 3.05) is 37.8 Å². The van der Waals surface area contributed by atoms with Crippen LogP contribution in [0.3, 0.4) is 0 Å². The third-order valence-corrected chi connectivity index (χ3v) is 6.57. The quantitative estimate of drug-likeness (QED) is 0.517. The van der Waals surface area contributed by atoms with E-state index in [0.29, 0.717) is 17.9 Å². The monoisotopic (exact) mass is 495 g/mol. The number of likely N-dealkylation sites (N-methyl/N-ethyl adjacent to an activating group) is 1. The summed E-state index contributed by atoms with van der Waals surface area (Å²) >= 11 is 6.09. The second-order valence-electron chi connectivity index (χ2n) is 7.45. The predicted octanol–water partition coefficient (Wildman–Crippen LogP) is 2.71. The Morgan fingerprint density at radius 3 is 2.36 bits per heavy atom. The summed E-state index contributed by atoms with van der Waals surface area (Å²) in [5.41, 5.74) is 1.15. The number of ether oxygens (including phenoxy) is 1. The Morgan fingerprint density at radius 1 is 1.15 bits per heavy atom. The van der Waals surface area contributed by atoms with Crippen LogP contribution in [0.5, 0.6) is 5.75 Å². The van der Waals surface area contributed by atoms with E-state index in [0.717, 1.165) is 16.1 Å². The third kappa shape index (κ3) is 7.10. The van der Waals surface area contributed by atoms with Gasteiger partial charge in [-0.2, -0.15) is 0 Å². The van der Waals surface area contributed by atoms with Crippen LogP contribution in [-0.2, 0) is 26.0 Å². The van der Waals surface area contributed by atoms with Crippen molar-refractivity contribution in [3.63, 3.8) is 0 Å². The zero-order chi connectivity index (χ0) is 24.6. The lowest BCUT2D eigenvalue weighted by Gasteiger charge is -2.32. The summed E-state index contributed by atoms with van der Waals surface area (Å²) in [6.45, 7) is 1.55. The van der Waals surface area contributed by atoms with Gasteiger partial charge in [0.25, 0.3) is 0 Å². The molecule has 0 aliphatic carbocycles. The number of anilines is 1. The molecule has 180 valence electrons. The Kier molecular flexibility index (Phi) is 9.55. The number of methoxy groups -OCH3 is 1. The lowest BCUT2D eigenvalue weighted by Crippen LogP contribution is -2.52. The van der Waals surface area contributed by atoms with Crippen LogP contribution in [0, 0.1) is 0 Å². The second-order valence-corrected chi connectivity index (χ2v) is 9.79. The number of halogens is 1. The summed E-state index contributed by atoms with van der Waals surface area (Å²) in [5, 5.41) is 2.88. The normalized spacial score (nSPS) is 12.0.